The molecule has 1 aromatic rings. The molecule has 2 aliphatic carbocycles. The summed E-state index contributed by atoms with van der Waals surface area (Å²) in [6, 6.07) is 1.80. The average Bonchev–Trinajstić information content (AvgIpc) is 3.04. The summed E-state index contributed by atoms with van der Waals surface area (Å²) in [6.07, 6.45) is 5.37. The Kier molecular flexibility index (Phi) is 3.33. The molecule has 0 bridgehead atoms. The summed E-state index contributed by atoms with van der Waals surface area (Å²) < 4.78 is 24.6. The van der Waals surface area contributed by atoms with Crippen LogP contribution >= 0.6 is 10.7 Å². The Morgan fingerprint density at radius 2 is 2.05 bits per heavy atom. The molecule has 0 aliphatic heterocycles. The highest BCUT2D eigenvalue weighted by atomic mass is 35.7. The second kappa shape index (κ2) is 4.77. The number of nitrogens with zero attached hydrogens (tertiary/aromatic N) is 1. The van der Waals surface area contributed by atoms with E-state index >= 15 is 0 Å². The van der Waals surface area contributed by atoms with Gasteiger partial charge in [0.05, 0.1) is 0 Å². The van der Waals surface area contributed by atoms with Crippen molar-refractivity contribution < 1.29 is 13.2 Å². The highest BCUT2D eigenvalue weighted by Crippen LogP contribution is 2.38. The second-order valence-corrected chi connectivity index (χ2v) is 8.45. The fraction of sp³-hybridized carbons (Fsp3) is 0.615. The molecule has 1 N–H and O–H groups in total. The molecule has 7 heteroatoms. The summed E-state index contributed by atoms with van der Waals surface area (Å²) in [5.74, 6) is 0.440. The average molecular weight is 317 g/mol. The molecule has 110 valence electrons. The van der Waals surface area contributed by atoms with Crippen LogP contribution in [0.25, 0.3) is 0 Å². The van der Waals surface area contributed by atoms with Gasteiger partial charge in [0.25, 0.3) is 15.0 Å². The number of amides is 1. The van der Waals surface area contributed by atoms with Crippen molar-refractivity contribution in [3.63, 3.8) is 0 Å². The van der Waals surface area contributed by atoms with Crippen LogP contribution in [0.1, 0.15) is 49.1 Å². The number of nitrogens with one attached hydrogen (secondary N) is 1. The molecule has 0 saturated heterocycles. The van der Waals surface area contributed by atoms with Crippen LogP contribution in [-0.4, -0.2) is 24.9 Å². The van der Waals surface area contributed by atoms with E-state index in [1.807, 2.05) is 0 Å². The zero-order chi connectivity index (χ0) is 14.5. The van der Waals surface area contributed by atoms with Crippen LogP contribution < -0.4 is 5.32 Å². The molecular weight excluding hydrogens is 300 g/mol. The Bertz CT molecular complexity index is 643. The quantitative estimate of drug-likeness (QED) is 0.866. The summed E-state index contributed by atoms with van der Waals surface area (Å²) in [4.78, 5) is 12.3. The summed E-state index contributed by atoms with van der Waals surface area (Å²) in [6.45, 7) is 2.15. The van der Waals surface area contributed by atoms with E-state index in [4.69, 9.17) is 10.7 Å². The number of aromatic nitrogens is 1. The normalized spacial score (nSPS) is 26.1. The molecule has 2 saturated carbocycles. The van der Waals surface area contributed by atoms with Gasteiger partial charge in [0.2, 0.25) is 0 Å². The Balaban J connectivity index is 1.83. The van der Waals surface area contributed by atoms with Gasteiger partial charge in [0.1, 0.15) is 10.6 Å². The van der Waals surface area contributed by atoms with Crippen molar-refractivity contribution in [1.82, 2.24) is 9.88 Å². The van der Waals surface area contributed by atoms with Gasteiger partial charge >= 0.3 is 0 Å². The molecule has 0 atom stereocenters. The van der Waals surface area contributed by atoms with Crippen molar-refractivity contribution in [1.29, 1.82) is 0 Å². The van der Waals surface area contributed by atoms with Crippen molar-refractivity contribution in [2.75, 3.05) is 0 Å². The number of rotatable bonds is 4. The topological polar surface area (TPSA) is 68.2 Å². The molecule has 2 fully saturated rings. The maximum atomic E-state index is 12.3. The molecule has 0 spiro atoms. The minimum atomic E-state index is -3.80. The van der Waals surface area contributed by atoms with Gasteiger partial charge in [-0.05, 0) is 37.7 Å². The van der Waals surface area contributed by atoms with E-state index in [0.717, 1.165) is 25.7 Å². The molecule has 5 nitrogen and oxygen atoms in total. The lowest BCUT2D eigenvalue weighted by Crippen LogP contribution is -2.43. The molecule has 3 rings (SSSR count). The SMILES string of the molecule is CC1CC(NC(=O)c2cc(S(=O)(=O)Cl)cn2C2CC2)C1. The van der Waals surface area contributed by atoms with Crippen LogP contribution in [0.2, 0.25) is 0 Å². The monoisotopic (exact) mass is 316 g/mol. The van der Waals surface area contributed by atoms with Crippen LogP contribution in [0.3, 0.4) is 0 Å². The summed E-state index contributed by atoms with van der Waals surface area (Å²) >= 11 is 0. The van der Waals surface area contributed by atoms with E-state index in [9.17, 15) is 13.2 Å². The number of carbonyl (C=O) groups is 1. The first-order valence-corrected chi connectivity index (χ1v) is 9.13. The Morgan fingerprint density at radius 3 is 2.55 bits per heavy atom. The van der Waals surface area contributed by atoms with E-state index in [2.05, 4.69) is 12.2 Å². The molecule has 20 heavy (non-hydrogen) atoms. The maximum absolute atomic E-state index is 12.3. The maximum Gasteiger partial charge on any atom is 0.268 e. The molecular formula is C13H17ClN2O3S. The van der Waals surface area contributed by atoms with Gasteiger partial charge in [0.15, 0.2) is 0 Å². The largest absolute Gasteiger partial charge is 0.348 e. The predicted molar refractivity (Wildman–Crippen MR) is 75.4 cm³/mol. The van der Waals surface area contributed by atoms with Gasteiger partial charge in [-0.3, -0.25) is 4.79 Å². The van der Waals surface area contributed by atoms with Crippen LogP contribution in [0.15, 0.2) is 17.2 Å². The molecule has 1 heterocycles. The van der Waals surface area contributed by atoms with E-state index in [1.165, 1.54) is 12.3 Å². The van der Waals surface area contributed by atoms with E-state index in [-0.39, 0.29) is 22.9 Å². The fourth-order valence-corrected chi connectivity index (χ4v) is 3.45. The summed E-state index contributed by atoms with van der Waals surface area (Å²) in [5.41, 5.74) is 0.395. The standard InChI is InChI=1S/C13H17ClN2O3S/c1-8-4-9(5-8)15-13(17)12-6-11(20(14,18)19)7-16(12)10-2-3-10/h6-10H,2-5H2,1H3,(H,15,17). The van der Waals surface area contributed by atoms with Crippen molar-refractivity contribution in [2.24, 2.45) is 5.92 Å². The van der Waals surface area contributed by atoms with Gasteiger partial charge in [-0.2, -0.15) is 0 Å². The predicted octanol–water partition coefficient (Wildman–Crippen LogP) is 2.28. The minimum Gasteiger partial charge on any atom is -0.348 e. The first-order chi connectivity index (χ1) is 9.34. The number of carbonyl (C=O) groups excluding carboxylic acids is 1. The number of hydrogen-bond acceptors (Lipinski definition) is 3. The van der Waals surface area contributed by atoms with Crippen molar-refractivity contribution in [3.05, 3.63) is 18.0 Å². The van der Waals surface area contributed by atoms with Crippen LogP contribution in [0, 0.1) is 5.92 Å². The zero-order valence-corrected chi connectivity index (χ0v) is 12.7. The van der Waals surface area contributed by atoms with Crippen molar-refractivity contribution >= 4 is 25.6 Å². The zero-order valence-electron chi connectivity index (χ0n) is 11.2. The Morgan fingerprint density at radius 1 is 1.40 bits per heavy atom. The lowest BCUT2D eigenvalue weighted by molar-refractivity contribution is 0.0886. The molecule has 0 aromatic carbocycles. The van der Waals surface area contributed by atoms with Crippen LogP contribution in [-0.2, 0) is 9.05 Å². The van der Waals surface area contributed by atoms with E-state index in [0.29, 0.717) is 11.6 Å². The van der Waals surface area contributed by atoms with Gasteiger partial charge < -0.3 is 9.88 Å². The smallest absolute Gasteiger partial charge is 0.268 e. The molecule has 1 aromatic heterocycles. The lowest BCUT2D eigenvalue weighted by Gasteiger charge is -2.33. The van der Waals surface area contributed by atoms with Gasteiger partial charge in [-0.15, -0.1) is 0 Å². The van der Waals surface area contributed by atoms with Gasteiger partial charge in [0, 0.05) is 29.0 Å². The number of hydrogen-bond donors (Lipinski definition) is 1. The summed E-state index contributed by atoms with van der Waals surface area (Å²) in [7, 11) is 1.56. The Hall–Kier alpha value is -1.01. The van der Waals surface area contributed by atoms with Crippen molar-refractivity contribution in [3.8, 4) is 0 Å². The number of halogens is 1. The van der Waals surface area contributed by atoms with E-state index < -0.39 is 9.05 Å². The molecule has 0 unspecified atom stereocenters. The highest BCUT2D eigenvalue weighted by Gasteiger charge is 2.32. The van der Waals surface area contributed by atoms with Crippen LogP contribution in [0.5, 0.6) is 0 Å². The minimum absolute atomic E-state index is 0.00167. The van der Waals surface area contributed by atoms with Crippen molar-refractivity contribution in [2.45, 2.75) is 49.6 Å². The van der Waals surface area contributed by atoms with Crippen LogP contribution in [0.4, 0.5) is 0 Å². The molecule has 2 aliphatic rings. The first-order valence-electron chi connectivity index (χ1n) is 6.82. The first kappa shape index (κ1) is 13.9. The van der Waals surface area contributed by atoms with Gasteiger partial charge in [-0.25, -0.2) is 8.42 Å². The van der Waals surface area contributed by atoms with Gasteiger partial charge in [-0.1, -0.05) is 6.92 Å². The third-order valence-corrected chi connectivity index (χ3v) is 5.31. The summed E-state index contributed by atoms with van der Waals surface area (Å²) in [5, 5.41) is 2.95. The lowest BCUT2D eigenvalue weighted by atomic mass is 9.82. The third kappa shape index (κ3) is 2.72. The second-order valence-electron chi connectivity index (χ2n) is 5.88. The molecule has 0 radical (unpaired) electrons. The Labute approximate surface area is 122 Å². The van der Waals surface area contributed by atoms with E-state index in [1.54, 1.807) is 4.57 Å². The highest BCUT2D eigenvalue weighted by molar-refractivity contribution is 8.13. The molecule has 1 amide bonds. The third-order valence-electron chi connectivity index (χ3n) is 3.99. The fourth-order valence-electron chi connectivity index (χ4n) is 2.70.